The summed E-state index contributed by atoms with van der Waals surface area (Å²) >= 11 is 0. The normalized spacial score (nSPS) is 15.2. The minimum absolute atomic E-state index is 0.0219. The van der Waals surface area contributed by atoms with Crippen molar-refractivity contribution in [2.45, 2.75) is 25.8 Å². The standard InChI is InChI=1S/C17H21NO5/c1-11(13-5-6-13)18-16(20)10-23-17(21)8-4-12-3-7-14(19)15(9-12)22-2/h3-4,7-9,11,13,19H,5-6,10H2,1-2H3,(H,18,20)/b8-4+/t11-/m0/s1. The van der Waals surface area contributed by atoms with Crippen LogP contribution in [0.5, 0.6) is 11.5 Å². The Kier molecular flexibility index (Phi) is 5.62. The maximum atomic E-state index is 11.6. The molecule has 0 unspecified atom stereocenters. The molecule has 2 N–H and O–H groups in total. The fourth-order valence-electron chi connectivity index (χ4n) is 2.16. The van der Waals surface area contributed by atoms with Gasteiger partial charge in [-0.05, 0) is 49.5 Å². The van der Waals surface area contributed by atoms with Gasteiger partial charge in [-0.25, -0.2) is 4.79 Å². The quantitative estimate of drug-likeness (QED) is 0.592. The first kappa shape index (κ1) is 16.9. The van der Waals surface area contributed by atoms with Crippen molar-refractivity contribution in [3.05, 3.63) is 29.8 Å². The van der Waals surface area contributed by atoms with Crippen molar-refractivity contribution in [3.8, 4) is 11.5 Å². The van der Waals surface area contributed by atoms with E-state index in [-0.39, 0.29) is 24.3 Å². The summed E-state index contributed by atoms with van der Waals surface area (Å²) in [7, 11) is 1.44. The van der Waals surface area contributed by atoms with Crippen molar-refractivity contribution < 1.29 is 24.2 Å². The molecule has 23 heavy (non-hydrogen) atoms. The van der Waals surface area contributed by atoms with Crippen molar-refractivity contribution in [2.24, 2.45) is 5.92 Å². The van der Waals surface area contributed by atoms with Crippen LogP contribution in [0.25, 0.3) is 6.08 Å². The fraction of sp³-hybridized carbons (Fsp3) is 0.412. The highest BCUT2D eigenvalue weighted by Crippen LogP contribution is 2.32. The molecule has 1 atom stereocenters. The van der Waals surface area contributed by atoms with Crippen LogP contribution in [0, 0.1) is 5.92 Å². The number of hydrogen-bond donors (Lipinski definition) is 2. The summed E-state index contributed by atoms with van der Waals surface area (Å²) < 4.78 is 9.87. The molecule has 1 aromatic carbocycles. The number of amides is 1. The van der Waals surface area contributed by atoms with Gasteiger partial charge < -0.3 is 19.9 Å². The van der Waals surface area contributed by atoms with Gasteiger partial charge in [0.2, 0.25) is 0 Å². The van der Waals surface area contributed by atoms with Gasteiger partial charge in [-0.1, -0.05) is 6.07 Å². The van der Waals surface area contributed by atoms with Crippen LogP contribution in [0.15, 0.2) is 24.3 Å². The van der Waals surface area contributed by atoms with E-state index in [0.717, 1.165) is 12.8 Å². The van der Waals surface area contributed by atoms with Gasteiger partial charge in [-0.3, -0.25) is 4.79 Å². The van der Waals surface area contributed by atoms with Crippen LogP contribution in [-0.4, -0.2) is 36.7 Å². The van der Waals surface area contributed by atoms with Crippen LogP contribution in [0.1, 0.15) is 25.3 Å². The van der Waals surface area contributed by atoms with E-state index in [2.05, 4.69) is 5.32 Å². The van der Waals surface area contributed by atoms with Gasteiger partial charge in [0.1, 0.15) is 0 Å². The van der Waals surface area contributed by atoms with E-state index >= 15 is 0 Å². The zero-order chi connectivity index (χ0) is 16.8. The van der Waals surface area contributed by atoms with Crippen molar-refractivity contribution >= 4 is 18.0 Å². The van der Waals surface area contributed by atoms with E-state index < -0.39 is 5.97 Å². The third-order valence-corrected chi connectivity index (χ3v) is 3.68. The molecule has 6 nitrogen and oxygen atoms in total. The molecule has 2 rings (SSSR count). The lowest BCUT2D eigenvalue weighted by Crippen LogP contribution is -2.36. The predicted octanol–water partition coefficient (Wildman–Crippen LogP) is 1.87. The Morgan fingerprint density at radius 1 is 1.43 bits per heavy atom. The smallest absolute Gasteiger partial charge is 0.331 e. The van der Waals surface area contributed by atoms with Crippen molar-refractivity contribution in [1.82, 2.24) is 5.32 Å². The number of nitrogens with one attached hydrogen (secondary N) is 1. The first-order valence-corrected chi connectivity index (χ1v) is 7.51. The largest absolute Gasteiger partial charge is 0.504 e. The zero-order valence-corrected chi connectivity index (χ0v) is 13.2. The van der Waals surface area contributed by atoms with E-state index in [1.165, 1.54) is 25.3 Å². The summed E-state index contributed by atoms with van der Waals surface area (Å²) in [5.41, 5.74) is 0.670. The van der Waals surface area contributed by atoms with E-state index in [1.54, 1.807) is 12.1 Å². The molecular formula is C17H21NO5. The molecule has 0 saturated heterocycles. The number of carbonyl (C=O) groups excluding carboxylic acids is 2. The Hall–Kier alpha value is -2.50. The molecule has 1 amide bonds. The number of carbonyl (C=O) groups is 2. The lowest BCUT2D eigenvalue weighted by atomic mass is 10.2. The van der Waals surface area contributed by atoms with Gasteiger partial charge in [0.15, 0.2) is 18.1 Å². The van der Waals surface area contributed by atoms with Crippen LogP contribution in [0.4, 0.5) is 0 Å². The number of phenols is 1. The highest BCUT2D eigenvalue weighted by molar-refractivity contribution is 5.89. The zero-order valence-electron chi connectivity index (χ0n) is 13.2. The van der Waals surface area contributed by atoms with Crippen LogP contribution < -0.4 is 10.1 Å². The van der Waals surface area contributed by atoms with E-state index in [9.17, 15) is 14.7 Å². The minimum atomic E-state index is -0.605. The second-order valence-corrected chi connectivity index (χ2v) is 5.57. The lowest BCUT2D eigenvalue weighted by molar-refractivity contribution is -0.144. The Bertz CT molecular complexity index is 607. The number of benzene rings is 1. The molecular weight excluding hydrogens is 298 g/mol. The molecule has 1 aliphatic carbocycles. The Morgan fingerprint density at radius 2 is 2.17 bits per heavy atom. The second kappa shape index (κ2) is 7.67. The third kappa shape index (κ3) is 5.32. The average molecular weight is 319 g/mol. The maximum absolute atomic E-state index is 11.6. The Balaban J connectivity index is 1.78. The van der Waals surface area contributed by atoms with Crippen molar-refractivity contribution in [2.75, 3.05) is 13.7 Å². The Labute approximate surface area is 135 Å². The van der Waals surface area contributed by atoms with Gasteiger partial charge in [0, 0.05) is 12.1 Å². The van der Waals surface area contributed by atoms with E-state index in [1.807, 2.05) is 6.92 Å². The summed E-state index contributed by atoms with van der Waals surface area (Å²) in [4.78, 5) is 23.2. The Morgan fingerprint density at radius 3 is 2.83 bits per heavy atom. The molecule has 1 saturated carbocycles. The molecule has 0 bridgehead atoms. The van der Waals surface area contributed by atoms with Crippen molar-refractivity contribution in [1.29, 1.82) is 0 Å². The minimum Gasteiger partial charge on any atom is -0.504 e. The number of ether oxygens (including phenoxy) is 2. The van der Waals surface area contributed by atoms with Gasteiger partial charge in [-0.2, -0.15) is 0 Å². The van der Waals surface area contributed by atoms with Crippen LogP contribution in [0.2, 0.25) is 0 Å². The molecule has 0 spiro atoms. The van der Waals surface area contributed by atoms with Gasteiger partial charge >= 0.3 is 5.97 Å². The number of esters is 1. The van der Waals surface area contributed by atoms with Crippen molar-refractivity contribution in [3.63, 3.8) is 0 Å². The molecule has 0 heterocycles. The molecule has 124 valence electrons. The van der Waals surface area contributed by atoms with Gasteiger partial charge in [0.05, 0.1) is 7.11 Å². The van der Waals surface area contributed by atoms with Gasteiger partial charge in [0.25, 0.3) is 5.91 Å². The van der Waals surface area contributed by atoms with E-state index in [0.29, 0.717) is 17.2 Å². The number of aromatic hydroxyl groups is 1. The second-order valence-electron chi connectivity index (χ2n) is 5.57. The highest BCUT2D eigenvalue weighted by atomic mass is 16.5. The SMILES string of the molecule is COc1cc(/C=C/C(=O)OCC(=O)N[C@@H](C)C2CC2)ccc1O. The third-order valence-electron chi connectivity index (χ3n) is 3.68. The summed E-state index contributed by atoms with van der Waals surface area (Å²) in [6.07, 6.45) is 5.03. The molecule has 0 radical (unpaired) electrons. The monoisotopic (exact) mass is 319 g/mol. The number of hydrogen-bond acceptors (Lipinski definition) is 5. The number of phenolic OH excluding ortho intramolecular Hbond substituents is 1. The predicted molar refractivity (Wildman–Crippen MR) is 85.0 cm³/mol. The van der Waals surface area contributed by atoms with E-state index in [4.69, 9.17) is 9.47 Å². The molecule has 6 heteroatoms. The lowest BCUT2D eigenvalue weighted by Gasteiger charge is -2.12. The molecule has 0 aliphatic heterocycles. The fourth-order valence-corrected chi connectivity index (χ4v) is 2.16. The molecule has 1 fully saturated rings. The first-order chi connectivity index (χ1) is 11.0. The number of methoxy groups -OCH3 is 1. The average Bonchev–Trinajstić information content (AvgIpc) is 3.37. The molecule has 1 aliphatic rings. The van der Waals surface area contributed by atoms with Crippen LogP contribution >= 0.6 is 0 Å². The van der Waals surface area contributed by atoms with Crippen LogP contribution in [0.3, 0.4) is 0 Å². The molecule has 1 aromatic rings. The highest BCUT2D eigenvalue weighted by Gasteiger charge is 2.28. The summed E-state index contributed by atoms with van der Waals surface area (Å²) in [5, 5.41) is 12.3. The summed E-state index contributed by atoms with van der Waals surface area (Å²) in [6, 6.07) is 4.81. The maximum Gasteiger partial charge on any atom is 0.331 e. The topological polar surface area (TPSA) is 84.9 Å². The van der Waals surface area contributed by atoms with Gasteiger partial charge in [-0.15, -0.1) is 0 Å². The summed E-state index contributed by atoms with van der Waals surface area (Å²) in [5.74, 6) is -0.00891. The molecule has 0 aromatic heterocycles. The van der Waals surface area contributed by atoms with Crippen LogP contribution in [-0.2, 0) is 14.3 Å². The number of rotatable bonds is 7. The summed E-state index contributed by atoms with van der Waals surface area (Å²) in [6.45, 7) is 1.66. The first-order valence-electron chi connectivity index (χ1n) is 7.51.